The lowest BCUT2D eigenvalue weighted by atomic mass is 10.2. The Bertz CT molecular complexity index is 1280. The van der Waals surface area contributed by atoms with Crippen LogP contribution in [0.3, 0.4) is 0 Å². The van der Waals surface area contributed by atoms with E-state index in [9.17, 15) is 18.0 Å². The normalized spacial score (nSPS) is 13.8. The Hall–Kier alpha value is -3.04. The maximum atomic E-state index is 12.9. The lowest BCUT2D eigenvalue weighted by Crippen LogP contribution is -2.35. The second-order valence-corrected chi connectivity index (χ2v) is 9.22. The number of hydrogen-bond acceptors (Lipinski definition) is 5. The van der Waals surface area contributed by atoms with Crippen LogP contribution in [0.4, 0.5) is 5.69 Å². The summed E-state index contributed by atoms with van der Waals surface area (Å²) in [4.78, 5) is 31.5. The number of para-hydroxylation sites is 1. The fourth-order valence-corrected chi connectivity index (χ4v) is 4.41. The monoisotopic (exact) mass is 412 g/mol. The predicted octanol–water partition coefficient (Wildman–Crippen LogP) is 1.24. The molecule has 0 bridgehead atoms. The molecule has 3 aromatic rings. The Balaban J connectivity index is 1.61. The molecule has 0 spiro atoms. The first-order chi connectivity index (χ1) is 13.8. The van der Waals surface area contributed by atoms with Gasteiger partial charge in [-0.3, -0.25) is 14.2 Å². The predicted molar refractivity (Wildman–Crippen MR) is 109 cm³/mol. The van der Waals surface area contributed by atoms with E-state index in [0.717, 1.165) is 9.87 Å². The minimum atomic E-state index is -3.53. The van der Waals surface area contributed by atoms with Crippen molar-refractivity contribution in [2.45, 2.75) is 17.9 Å². The van der Waals surface area contributed by atoms with Gasteiger partial charge in [0.1, 0.15) is 6.54 Å². The number of anilines is 1. The molecule has 9 heteroatoms. The minimum absolute atomic E-state index is 0.131. The Morgan fingerprint density at radius 2 is 1.93 bits per heavy atom. The molecule has 0 saturated carbocycles. The van der Waals surface area contributed by atoms with E-state index in [1.165, 1.54) is 31.1 Å². The van der Waals surface area contributed by atoms with Gasteiger partial charge in [-0.05, 0) is 42.3 Å². The summed E-state index contributed by atoms with van der Waals surface area (Å²) < 4.78 is 27.1. The number of carbonyl (C=O) groups excluding carboxylic acids is 1. The highest BCUT2D eigenvalue weighted by Crippen LogP contribution is 2.31. The van der Waals surface area contributed by atoms with Crippen LogP contribution < -0.4 is 10.5 Å². The van der Waals surface area contributed by atoms with Gasteiger partial charge in [0, 0.05) is 26.3 Å². The van der Waals surface area contributed by atoms with E-state index >= 15 is 0 Å². The molecule has 2 aromatic carbocycles. The van der Waals surface area contributed by atoms with E-state index in [4.69, 9.17) is 0 Å². The van der Waals surface area contributed by atoms with E-state index in [1.54, 1.807) is 41.3 Å². The Morgan fingerprint density at radius 1 is 1.17 bits per heavy atom. The zero-order valence-corrected chi connectivity index (χ0v) is 16.9. The van der Waals surface area contributed by atoms with Gasteiger partial charge in [-0.15, -0.1) is 0 Å². The molecule has 29 heavy (non-hydrogen) atoms. The first-order valence-electron chi connectivity index (χ1n) is 9.09. The van der Waals surface area contributed by atoms with Crippen LogP contribution in [0.5, 0.6) is 0 Å². The SMILES string of the molecule is CN(C)S(=O)(=O)c1ccc2c(c1)CCN2C(=O)Cn1cnc2ccccc2c1=O. The van der Waals surface area contributed by atoms with E-state index < -0.39 is 10.0 Å². The van der Waals surface area contributed by atoms with Crippen molar-refractivity contribution in [2.75, 3.05) is 25.5 Å². The highest BCUT2D eigenvalue weighted by molar-refractivity contribution is 7.89. The third-order valence-corrected chi connectivity index (χ3v) is 6.87. The summed E-state index contributed by atoms with van der Waals surface area (Å²) in [5, 5.41) is 0.461. The maximum absolute atomic E-state index is 12.9. The van der Waals surface area contributed by atoms with Crippen LogP contribution in [0, 0.1) is 0 Å². The number of sulfonamides is 1. The molecule has 150 valence electrons. The van der Waals surface area contributed by atoms with Crippen molar-refractivity contribution < 1.29 is 13.2 Å². The van der Waals surface area contributed by atoms with Crippen LogP contribution >= 0.6 is 0 Å². The molecule has 2 heterocycles. The summed E-state index contributed by atoms with van der Waals surface area (Å²) in [7, 11) is -0.575. The van der Waals surface area contributed by atoms with E-state index in [1.807, 2.05) is 0 Å². The van der Waals surface area contributed by atoms with Crippen molar-refractivity contribution in [1.29, 1.82) is 0 Å². The van der Waals surface area contributed by atoms with Crippen LogP contribution in [0.1, 0.15) is 5.56 Å². The van der Waals surface area contributed by atoms with Gasteiger partial charge in [-0.1, -0.05) is 12.1 Å². The van der Waals surface area contributed by atoms with Gasteiger partial charge < -0.3 is 4.90 Å². The molecule has 0 fully saturated rings. The van der Waals surface area contributed by atoms with Gasteiger partial charge in [0.05, 0.1) is 22.1 Å². The van der Waals surface area contributed by atoms with Crippen LogP contribution in [0.25, 0.3) is 10.9 Å². The molecule has 0 unspecified atom stereocenters. The van der Waals surface area contributed by atoms with Crippen molar-refractivity contribution in [2.24, 2.45) is 0 Å². The molecular weight excluding hydrogens is 392 g/mol. The van der Waals surface area contributed by atoms with Crippen molar-refractivity contribution in [3.05, 3.63) is 64.7 Å². The molecule has 0 atom stereocenters. The molecule has 1 aromatic heterocycles. The van der Waals surface area contributed by atoms with Gasteiger partial charge in [0.2, 0.25) is 15.9 Å². The fraction of sp³-hybridized carbons (Fsp3) is 0.250. The molecule has 0 aliphatic carbocycles. The Morgan fingerprint density at radius 3 is 2.69 bits per heavy atom. The van der Waals surface area contributed by atoms with Crippen molar-refractivity contribution >= 4 is 32.5 Å². The number of rotatable bonds is 4. The molecule has 0 N–H and O–H groups in total. The number of fused-ring (bicyclic) bond motifs is 2. The van der Waals surface area contributed by atoms with Gasteiger partial charge in [0.15, 0.2) is 0 Å². The molecule has 1 aliphatic heterocycles. The molecule has 4 rings (SSSR count). The maximum Gasteiger partial charge on any atom is 0.261 e. The van der Waals surface area contributed by atoms with Gasteiger partial charge >= 0.3 is 0 Å². The molecule has 0 saturated heterocycles. The topological polar surface area (TPSA) is 92.6 Å². The summed E-state index contributed by atoms with van der Waals surface area (Å²) in [6.45, 7) is 0.309. The van der Waals surface area contributed by atoms with Crippen LogP contribution in [-0.2, 0) is 27.8 Å². The van der Waals surface area contributed by atoms with Crippen LogP contribution in [-0.4, -0.2) is 48.8 Å². The van der Waals surface area contributed by atoms with Crippen LogP contribution in [0.15, 0.2) is 58.5 Å². The van der Waals surface area contributed by atoms with Crippen molar-refractivity contribution in [1.82, 2.24) is 13.9 Å². The van der Waals surface area contributed by atoms with Crippen molar-refractivity contribution in [3.63, 3.8) is 0 Å². The standard InChI is InChI=1S/C20H20N4O4S/c1-22(2)29(27,28)15-7-8-18-14(11-15)9-10-24(18)19(25)12-23-13-21-17-6-4-3-5-16(17)20(23)26/h3-8,11,13H,9-10,12H2,1-2H3. The molecule has 1 aliphatic rings. The first kappa shape index (κ1) is 19.3. The summed E-state index contributed by atoms with van der Waals surface area (Å²) in [6.07, 6.45) is 1.94. The molecule has 1 amide bonds. The second-order valence-electron chi connectivity index (χ2n) is 7.07. The largest absolute Gasteiger partial charge is 0.310 e. The second kappa shape index (κ2) is 7.09. The smallest absolute Gasteiger partial charge is 0.261 e. The van der Waals surface area contributed by atoms with Crippen molar-refractivity contribution in [3.8, 4) is 0 Å². The Kier molecular flexibility index (Phi) is 4.71. The van der Waals surface area contributed by atoms with Gasteiger partial charge in [-0.25, -0.2) is 17.7 Å². The number of hydrogen-bond donors (Lipinski definition) is 0. The number of benzene rings is 2. The summed E-state index contributed by atoms with van der Waals surface area (Å²) >= 11 is 0. The number of amides is 1. The third-order valence-electron chi connectivity index (χ3n) is 5.06. The summed E-state index contributed by atoms with van der Waals surface area (Å²) in [5.41, 5.74) is 1.79. The number of aromatic nitrogens is 2. The van der Waals surface area contributed by atoms with E-state index in [2.05, 4.69) is 4.98 Å². The van der Waals surface area contributed by atoms with Gasteiger partial charge in [-0.2, -0.15) is 0 Å². The summed E-state index contributed by atoms with van der Waals surface area (Å²) in [6, 6.07) is 11.8. The van der Waals surface area contributed by atoms with E-state index in [-0.39, 0.29) is 22.9 Å². The fourth-order valence-electron chi connectivity index (χ4n) is 3.46. The highest BCUT2D eigenvalue weighted by Gasteiger charge is 2.27. The third kappa shape index (κ3) is 3.32. The summed E-state index contributed by atoms with van der Waals surface area (Å²) in [5.74, 6) is -0.244. The highest BCUT2D eigenvalue weighted by atomic mass is 32.2. The molecule has 8 nitrogen and oxygen atoms in total. The Labute approximate surface area is 168 Å². The van der Waals surface area contributed by atoms with E-state index in [0.29, 0.717) is 29.6 Å². The lowest BCUT2D eigenvalue weighted by molar-refractivity contribution is -0.119. The zero-order chi connectivity index (χ0) is 20.8. The zero-order valence-electron chi connectivity index (χ0n) is 16.1. The van der Waals surface area contributed by atoms with Gasteiger partial charge in [0.25, 0.3) is 5.56 Å². The number of carbonyl (C=O) groups is 1. The quantitative estimate of drug-likeness (QED) is 0.643. The minimum Gasteiger partial charge on any atom is -0.310 e. The van der Waals surface area contributed by atoms with Crippen LogP contribution in [0.2, 0.25) is 0 Å². The molecular formula is C20H20N4O4S. The molecule has 0 radical (unpaired) electrons. The first-order valence-corrected chi connectivity index (χ1v) is 10.5. The average molecular weight is 412 g/mol. The number of nitrogens with zero attached hydrogens (tertiary/aromatic N) is 4. The average Bonchev–Trinajstić information content (AvgIpc) is 3.13. The lowest BCUT2D eigenvalue weighted by Gasteiger charge is -2.19.